The van der Waals surface area contributed by atoms with Crippen molar-refractivity contribution in [2.24, 2.45) is 4.99 Å². The minimum atomic E-state index is 0.499. The Labute approximate surface area is 87.7 Å². The highest BCUT2D eigenvalue weighted by Crippen LogP contribution is 2.38. The molecule has 3 nitrogen and oxygen atoms in total. The molecule has 0 bridgehead atoms. The molecule has 0 spiro atoms. The molecule has 0 radical (unpaired) electrons. The van der Waals surface area contributed by atoms with Crippen LogP contribution < -0.4 is 5.49 Å². The summed E-state index contributed by atoms with van der Waals surface area (Å²) in [7, 11) is 1.76. The van der Waals surface area contributed by atoms with Gasteiger partial charge in [0, 0.05) is 18.8 Å². The third-order valence-corrected chi connectivity index (χ3v) is 2.54. The van der Waals surface area contributed by atoms with Crippen molar-refractivity contribution in [1.29, 1.82) is 0 Å². The second-order valence-electron chi connectivity index (χ2n) is 3.37. The van der Waals surface area contributed by atoms with Crippen LogP contribution >= 0.6 is 11.6 Å². The van der Waals surface area contributed by atoms with E-state index in [1.807, 2.05) is 6.07 Å². The first-order valence-corrected chi connectivity index (χ1v) is 4.98. The molecular formula is C10H12ClN3. The van der Waals surface area contributed by atoms with Crippen LogP contribution in [0.3, 0.4) is 0 Å². The van der Waals surface area contributed by atoms with Crippen molar-refractivity contribution in [3.63, 3.8) is 0 Å². The number of nitrogens with zero attached hydrogens (tertiary/aromatic N) is 3. The second kappa shape index (κ2) is 3.58. The maximum atomic E-state index is 5.91. The Hall–Kier alpha value is -1.09. The van der Waals surface area contributed by atoms with Crippen molar-refractivity contribution in [2.75, 3.05) is 7.05 Å². The first-order chi connectivity index (χ1) is 6.76. The molecule has 0 amide bonds. The number of aromatic nitrogens is 2. The van der Waals surface area contributed by atoms with Gasteiger partial charge in [-0.05, 0) is 24.8 Å². The van der Waals surface area contributed by atoms with Crippen LogP contribution in [-0.4, -0.2) is 16.8 Å². The second-order valence-corrected chi connectivity index (χ2v) is 3.76. The third-order valence-electron chi connectivity index (χ3n) is 2.35. The average molecular weight is 210 g/mol. The molecule has 1 heterocycles. The molecule has 1 aliphatic rings. The summed E-state index contributed by atoms with van der Waals surface area (Å²) in [5, 5.41) is 4.60. The Bertz CT molecular complexity index is 429. The summed E-state index contributed by atoms with van der Waals surface area (Å²) in [5.41, 5.74) is 2.05. The molecule has 0 aromatic carbocycles. The van der Waals surface area contributed by atoms with Crippen LogP contribution in [0.15, 0.2) is 17.6 Å². The maximum Gasteiger partial charge on any atom is 0.152 e. The maximum absolute atomic E-state index is 5.91. The molecule has 1 saturated carbocycles. The van der Waals surface area contributed by atoms with Gasteiger partial charge in [-0.2, -0.15) is 5.10 Å². The van der Waals surface area contributed by atoms with Crippen LogP contribution in [0.2, 0.25) is 5.15 Å². The number of rotatable bonds is 2. The fourth-order valence-electron chi connectivity index (χ4n) is 1.56. The standard InChI is InChI=1S/C10H12ClN3/c1-3-14-10(12-2)8(7-4-5-7)6-9(11)13-14/h3,6-7H,1,4-5H2,2H3. The van der Waals surface area contributed by atoms with Gasteiger partial charge in [0.1, 0.15) is 5.15 Å². The fourth-order valence-corrected chi connectivity index (χ4v) is 1.76. The number of hydrogen-bond acceptors (Lipinski definition) is 2. The molecule has 0 unspecified atom stereocenters. The minimum absolute atomic E-state index is 0.499. The van der Waals surface area contributed by atoms with Crippen molar-refractivity contribution in [1.82, 2.24) is 9.78 Å². The van der Waals surface area contributed by atoms with E-state index in [-0.39, 0.29) is 0 Å². The molecule has 1 aromatic rings. The minimum Gasteiger partial charge on any atom is -0.270 e. The Morgan fingerprint density at radius 3 is 2.93 bits per heavy atom. The molecule has 4 heteroatoms. The first-order valence-electron chi connectivity index (χ1n) is 4.61. The van der Waals surface area contributed by atoms with Crippen molar-refractivity contribution in [3.05, 3.63) is 28.8 Å². The highest BCUT2D eigenvalue weighted by atomic mass is 35.5. The summed E-state index contributed by atoms with van der Waals surface area (Å²) in [6, 6.07) is 1.90. The van der Waals surface area contributed by atoms with E-state index in [9.17, 15) is 0 Å². The molecule has 1 aromatic heterocycles. The highest BCUT2D eigenvalue weighted by Gasteiger charge is 2.26. The first kappa shape index (κ1) is 9.46. The van der Waals surface area contributed by atoms with Gasteiger partial charge in [0.15, 0.2) is 5.49 Å². The van der Waals surface area contributed by atoms with Crippen LogP contribution in [0, 0.1) is 0 Å². The van der Waals surface area contributed by atoms with Crippen LogP contribution in [0.5, 0.6) is 0 Å². The van der Waals surface area contributed by atoms with Crippen molar-refractivity contribution in [3.8, 4) is 0 Å². The summed E-state index contributed by atoms with van der Waals surface area (Å²) in [4.78, 5) is 4.21. The lowest BCUT2D eigenvalue weighted by Gasteiger charge is -2.05. The number of hydrogen-bond donors (Lipinski definition) is 0. The van der Waals surface area contributed by atoms with Crippen LogP contribution in [-0.2, 0) is 0 Å². The van der Waals surface area contributed by atoms with E-state index in [4.69, 9.17) is 11.6 Å². The zero-order valence-electron chi connectivity index (χ0n) is 8.07. The molecule has 0 aliphatic heterocycles. The lowest BCUT2D eigenvalue weighted by Crippen LogP contribution is -2.23. The Kier molecular flexibility index (Phi) is 2.42. The van der Waals surface area contributed by atoms with E-state index in [0.717, 1.165) is 5.49 Å². The van der Waals surface area contributed by atoms with Crippen LogP contribution in [0.25, 0.3) is 6.20 Å². The normalized spacial score (nSPS) is 17.1. The Morgan fingerprint density at radius 1 is 1.71 bits per heavy atom. The fraction of sp³-hybridized carbons (Fsp3) is 0.400. The quantitative estimate of drug-likeness (QED) is 0.733. The summed E-state index contributed by atoms with van der Waals surface area (Å²) in [5.74, 6) is 0.611. The van der Waals surface area contributed by atoms with Crippen molar-refractivity contribution in [2.45, 2.75) is 18.8 Å². The van der Waals surface area contributed by atoms with E-state index in [0.29, 0.717) is 11.1 Å². The zero-order chi connectivity index (χ0) is 10.1. The van der Waals surface area contributed by atoms with Gasteiger partial charge in [0.05, 0.1) is 0 Å². The smallest absolute Gasteiger partial charge is 0.152 e. The molecule has 1 aliphatic carbocycles. The lowest BCUT2D eigenvalue weighted by atomic mass is 10.2. The molecule has 0 N–H and O–H groups in total. The van der Waals surface area contributed by atoms with Gasteiger partial charge in [-0.1, -0.05) is 18.2 Å². The van der Waals surface area contributed by atoms with E-state index < -0.39 is 0 Å². The molecule has 2 rings (SSSR count). The summed E-state index contributed by atoms with van der Waals surface area (Å²) >= 11 is 5.91. The van der Waals surface area contributed by atoms with E-state index in [1.54, 1.807) is 17.9 Å². The summed E-state index contributed by atoms with van der Waals surface area (Å²) < 4.78 is 1.63. The van der Waals surface area contributed by atoms with Gasteiger partial charge < -0.3 is 0 Å². The Morgan fingerprint density at radius 2 is 2.43 bits per heavy atom. The molecule has 14 heavy (non-hydrogen) atoms. The topological polar surface area (TPSA) is 30.2 Å². The third kappa shape index (κ3) is 1.60. The summed E-state index contributed by atoms with van der Waals surface area (Å²) in [6.45, 7) is 3.68. The zero-order valence-corrected chi connectivity index (χ0v) is 8.83. The average Bonchev–Trinajstić information content (AvgIpc) is 2.99. The largest absolute Gasteiger partial charge is 0.270 e. The Balaban J connectivity index is 2.67. The highest BCUT2D eigenvalue weighted by molar-refractivity contribution is 6.29. The van der Waals surface area contributed by atoms with Crippen LogP contribution in [0.1, 0.15) is 24.3 Å². The van der Waals surface area contributed by atoms with E-state index in [2.05, 4.69) is 16.7 Å². The molecular weight excluding hydrogens is 198 g/mol. The van der Waals surface area contributed by atoms with Crippen molar-refractivity contribution < 1.29 is 0 Å². The SMILES string of the molecule is C=Cn1nc(Cl)cc(C2CC2)c1=NC. The molecule has 0 saturated heterocycles. The van der Waals surface area contributed by atoms with Gasteiger partial charge >= 0.3 is 0 Å². The monoisotopic (exact) mass is 209 g/mol. The molecule has 74 valence electrons. The molecule has 0 atom stereocenters. The lowest BCUT2D eigenvalue weighted by molar-refractivity contribution is 0.796. The van der Waals surface area contributed by atoms with Crippen LogP contribution in [0.4, 0.5) is 0 Å². The van der Waals surface area contributed by atoms with Gasteiger partial charge in [-0.15, -0.1) is 0 Å². The van der Waals surface area contributed by atoms with Gasteiger partial charge in [-0.25, -0.2) is 4.68 Å². The van der Waals surface area contributed by atoms with E-state index >= 15 is 0 Å². The number of halogens is 1. The van der Waals surface area contributed by atoms with Crippen molar-refractivity contribution >= 4 is 17.8 Å². The predicted octanol–water partition coefficient (Wildman–Crippen LogP) is 2.04. The molecule has 1 fully saturated rings. The van der Waals surface area contributed by atoms with E-state index in [1.165, 1.54) is 18.4 Å². The summed E-state index contributed by atoms with van der Waals surface area (Å²) in [6.07, 6.45) is 4.07. The van der Waals surface area contributed by atoms with Gasteiger partial charge in [0.25, 0.3) is 0 Å². The van der Waals surface area contributed by atoms with Gasteiger partial charge in [-0.3, -0.25) is 4.99 Å². The predicted molar refractivity (Wildman–Crippen MR) is 57.1 cm³/mol. The van der Waals surface area contributed by atoms with Gasteiger partial charge in [0.2, 0.25) is 0 Å².